The number of ether oxygens (including phenoxy) is 1. The Balaban J connectivity index is 1.76. The normalized spacial score (nSPS) is 23.0. The molecule has 300 valence electrons. The van der Waals surface area contributed by atoms with Crippen LogP contribution in [0.3, 0.4) is 0 Å². The minimum Gasteiger partial charge on any atom is -0.481 e. The number of nitrogens with one attached hydrogen (secondary N) is 4. The van der Waals surface area contributed by atoms with E-state index in [0.717, 1.165) is 24.2 Å². The lowest BCUT2D eigenvalue weighted by Gasteiger charge is -2.38. The number of hydrogen-bond acceptors (Lipinski definition) is 9. The van der Waals surface area contributed by atoms with E-state index in [-0.39, 0.29) is 37.8 Å². The SMILES string of the molecule is CCCNC(=O)[C@@H](NC(=O)[C@@H]1CC(OC)CN1C(=O)[C@H](CC(=O)O)NC(=O)[C@@H]1CCCCN1C(=O)[C@@H](NC(=O)CCC1CCCCC1)C(C)C)C(C)O. The lowest BCUT2D eigenvalue weighted by atomic mass is 9.86. The molecular weight excluding hydrogens is 688 g/mol. The number of nitrogens with zero attached hydrogens (tertiary/aromatic N) is 2. The second-order valence-corrected chi connectivity index (χ2v) is 15.2. The standard InChI is InChI=1S/C37H62N6O10/c1-6-17-38-35(50)32(23(4)44)41-34(49)28-19-25(53-5)21-43(28)36(51)26(20-30(46)47)39-33(48)27-14-10-11-18-42(27)37(52)31(22(2)3)40-29(45)16-15-24-12-8-7-9-13-24/h22-28,31-32,44H,6-21H2,1-5H3,(H,38,50)(H,39,48)(H,40,45)(H,41,49)(H,46,47)/t23?,25?,26-,27-,28-,31-,32-/m0/s1. The molecule has 7 atom stereocenters. The van der Waals surface area contributed by atoms with E-state index in [4.69, 9.17) is 4.74 Å². The van der Waals surface area contributed by atoms with Gasteiger partial charge in [-0.1, -0.05) is 52.9 Å². The lowest BCUT2D eigenvalue weighted by Crippen LogP contribution is -2.61. The van der Waals surface area contributed by atoms with Crippen molar-refractivity contribution in [3.8, 4) is 0 Å². The molecule has 1 aliphatic carbocycles. The van der Waals surface area contributed by atoms with Gasteiger partial charge in [0.05, 0.1) is 18.6 Å². The number of carbonyl (C=O) groups excluding carboxylic acids is 6. The largest absolute Gasteiger partial charge is 0.481 e. The number of aliphatic hydroxyl groups excluding tert-OH is 1. The summed E-state index contributed by atoms with van der Waals surface area (Å²) in [7, 11) is 1.40. The van der Waals surface area contributed by atoms with Crippen molar-refractivity contribution in [1.29, 1.82) is 0 Å². The van der Waals surface area contributed by atoms with Crippen molar-refractivity contribution in [2.45, 2.75) is 154 Å². The molecule has 0 radical (unpaired) electrons. The average molecular weight is 751 g/mol. The number of piperidine rings is 1. The highest BCUT2D eigenvalue weighted by atomic mass is 16.5. The van der Waals surface area contributed by atoms with Gasteiger partial charge in [-0.05, 0) is 50.9 Å². The van der Waals surface area contributed by atoms with Crippen LogP contribution in [0.15, 0.2) is 0 Å². The predicted molar refractivity (Wildman–Crippen MR) is 194 cm³/mol. The van der Waals surface area contributed by atoms with Crippen molar-refractivity contribution in [3.05, 3.63) is 0 Å². The molecule has 0 bridgehead atoms. The molecule has 3 aliphatic rings. The first-order valence-electron chi connectivity index (χ1n) is 19.4. The van der Waals surface area contributed by atoms with Gasteiger partial charge in [-0.2, -0.15) is 0 Å². The molecule has 2 saturated heterocycles. The van der Waals surface area contributed by atoms with Crippen molar-refractivity contribution in [3.63, 3.8) is 0 Å². The van der Waals surface area contributed by atoms with Crippen LogP contribution < -0.4 is 21.3 Å². The van der Waals surface area contributed by atoms with Gasteiger partial charge >= 0.3 is 5.97 Å². The van der Waals surface area contributed by atoms with Crippen LogP contribution in [0.1, 0.15) is 111 Å². The van der Waals surface area contributed by atoms with Gasteiger partial charge in [0.1, 0.15) is 30.2 Å². The quantitative estimate of drug-likeness (QED) is 0.116. The van der Waals surface area contributed by atoms with Crippen LogP contribution in [-0.2, 0) is 38.3 Å². The van der Waals surface area contributed by atoms with Crippen LogP contribution in [0.5, 0.6) is 0 Å². The van der Waals surface area contributed by atoms with Gasteiger partial charge in [0.15, 0.2) is 0 Å². The molecule has 16 nitrogen and oxygen atoms in total. The van der Waals surface area contributed by atoms with E-state index in [1.165, 1.54) is 38.2 Å². The Hall–Kier alpha value is -3.79. The second kappa shape index (κ2) is 21.2. The fourth-order valence-electron chi connectivity index (χ4n) is 7.53. The number of likely N-dealkylation sites (tertiary alicyclic amines) is 2. The maximum atomic E-state index is 14.0. The van der Waals surface area contributed by atoms with Gasteiger partial charge in [0, 0.05) is 39.6 Å². The molecule has 53 heavy (non-hydrogen) atoms. The highest BCUT2D eigenvalue weighted by Gasteiger charge is 2.45. The summed E-state index contributed by atoms with van der Waals surface area (Å²) in [6.07, 6.45) is 6.35. The minimum atomic E-state index is -1.59. The fourth-order valence-corrected chi connectivity index (χ4v) is 7.53. The van der Waals surface area contributed by atoms with E-state index < -0.39 is 84.3 Å². The van der Waals surface area contributed by atoms with Crippen molar-refractivity contribution in [2.24, 2.45) is 11.8 Å². The van der Waals surface area contributed by atoms with E-state index in [1.54, 1.807) is 0 Å². The summed E-state index contributed by atoms with van der Waals surface area (Å²) in [5, 5.41) is 30.6. The van der Waals surface area contributed by atoms with Gasteiger partial charge in [0.2, 0.25) is 35.4 Å². The van der Waals surface area contributed by atoms with Crippen LogP contribution >= 0.6 is 0 Å². The summed E-state index contributed by atoms with van der Waals surface area (Å²) in [6, 6.07) is -5.98. The predicted octanol–water partition coefficient (Wildman–Crippen LogP) is 0.836. The van der Waals surface area contributed by atoms with Gasteiger partial charge in [-0.15, -0.1) is 0 Å². The molecule has 3 fully saturated rings. The number of carboxylic acids is 1. The molecule has 2 aliphatic heterocycles. The maximum Gasteiger partial charge on any atom is 0.305 e. The third-order valence-corrected chi connectivity index (χ3v) is 10.6. The summed E-state index contributed by atoms with van der Waals surface area (Å²) in [6.45, 7) is 7.32. The Labute approximate surface area is 312 Å². The number of carbonyl (C=O) groups is 7. The third kappa shape index (κ3) is 12.7. The monoisotopic (exact) mass is 750 g/mol. The zero-order valence-corrected chi connectivity index (χ0v) is 32.1. The van der Waals surface area contributed by atoms with Crippen LogP contribution in [0.2, 0.25) is 0 Å². The summed E-state index contributed by atoms with van der Waals surface area (Å²) in [5.74, 6) is -4.68. The van der Waals surface area contributed by atoms with Crippen LogP contribution in [0.25, 0.3) is 0 Å². The van der Waals surface area contributed by atoms with Crippen molar-refractivity contribution in [2.75, 3.05) is 26.7 Å². The van der Waals surface area contributed by atoms with Gasteiger partial charge in [0.25, 0.3) is 0 Å². The molecular formula is C37H62N6O10. The van der Waals surface area contributed by atoms with Gasteiger partial charge in [-0.25, -0.2) is 0 Å². The number of aliphatic hydroxyl groups is 1. The van der Waals surface area contributed by atoms with E-state index in [9.17, 15) is 43.8 Å². The van der Waals surface area contributed by atoms with Crippen molar-refractivity contribution < 1.29 is 48.5 Å². The Morgan fingerprint density at radius 3 is 2.08 bits per heavy atom. The van der Waals surface area contributed by atoms with E-state index in [0.29, 0.717) is 38.1 Å². The number of aliphatic carboxylic acids is 1. The molecule has 0 spiro atoms. The molecule has 6 amide bonds. The van der Waals surface area contributed by atoms with Crippen molar-refractivity contribution in [1.82, 2.24) is 31.1 Å². The van der Waals surface area contributed by atoms with Crippen molar-refractivity contribution >= 4 is 41.4 Å². The third-order valence-electron chi connectivity index (χ3n) is 10.6. The topological polar surface area (TPSA) is 224 Å². The van der Waals surface area contributed by atoms with Crippen LogP contribution in [0, 0.1) is 11.8 Å². The minimum absolute atomic E-state index is 0.0266. The Morgan fingerprint density at radius 2 is 1.47 bits per heavy atom. The van der Waals surface area contributed by atoms with Gasteiger partial charge in [-0.3, -0.25) is 33.6 Å². The molecule has 2 unspecified atom stereocenters. The summed E-state index contributed by atoms with van der Waals surface area (Å²) >= 11 is 0. The Morgan fingerprint density at radius 1 is 0.811 bits per heavy atom. The first-order chi connectivity index (χ1) is 25.2. The molecule has 6 N–H and O–H groups in total. The molecule has 0 aromatic carbocycles. The summed E-state index contributed by atoms with van der Waals surface area (Å²) < 4.78 is 5.44. The van der Waals surface area contributed by atoms with E-state index >= 15 is 0 Å². The van der Waals surface area contributed by atoms with E-state index in [2.05, 4.69) is 21.3 Å². The zero-order valence-electron chi connectivity index (χ0n) is 32.1. The number of carboxylic acid groups (broad SMARTS) is 1. The zero-order chi connectivity index (χ0) is 39.2. The maximum absolute atomic E-state index is 14.0. The number of amides is 6. The average Bonchev–Trinajstić information content (AvgIpc) is 3.58. The fraction of sp³-hybridized carbons (Fsp3) is 0.811. The first kappa shape index (κ1) is 43.6. The molecule has 1 saturated carbocycles. The number of methoxy groups -OCH3 is 1. The molecule has 16 heteroatoms. The Kier molecular flexibility index (Phi) is 17.4. The molecule has 0 aromatic rings. The summed E-state index contributed by atoms with van der Waals surface area (Å²) in [4.78, 5) is 95.7. The smallest absolute Gasteiger partial charge is 0.305 e. The molecule has 3 rings (SSSR count). The summed E-state index contributed by atoms with van der Waals surface area (Å²) in [5.41, 5.74) is 0. The highest BCUT2D eigenvalue weighted by molar-refractivity contribution is 5.98. The lowest BCUT2D eigenvalue weighted by molar-refractivity contribution is -0.149. The van der Waals surface area contributed by atoms with Gasteiger partial charge < -0.3 is 46.0 Å². The van der Waals surface area contributed by atoms with Crippen LogP contribution in [0.4, 0.5) is 0 Å². The Bertz CT molecular complexity index is 1290. The van der Waals surface area contributed by atoms with Crippen LogP contribution in [-0.4, -0.2) is 131 Å². The highest BCUT2D eigenvalue weighted by Crippen LogP contribution is 2.28. The molecule has 2 heterocycles. The number of hydrogen-bond donors (Lipinski definition) is 6. The number of rotatable bonds is 18. The molecule has 0 aromatic heterocycles. The van der Waals surface area contributed by atoms with E-state index in [1.807, 2.05) is 20.8 Å². The first-order valence-corrected chi connectivity index (χ1v) is 19.4. The second-order valence-electron chi connectivity index (χ2n) is 15.2.